The van der Waals surface area contributed by atoms with Gasteiger partial charge in [-0.05, 0) is 50.3 Å². The molecule has 0 aliphatic heterocycles. The summed E-state index contributed by atoms with van der Waals surface area (Å²) in [5, 5.41) is 9.27. The number of nitrogens with zero attached hydrogens (tertiary/aromatic N) is 3. The fourth-order valence-electron chi connectivity index (χ4n) is 3.24. The zero-order valence-electron chi connectivity index (χ0n) is 16.7. The fraction of sp³-hybridized carbons (Fsp3) is 0.364. The average molecular weight is 381 g/mol. The highest BCUT2D eigenvalue weighted by Gasteiger charge is 2.14. The van der Waals surface area contributed by atoms with Gasteiger partial charge in [-0.3, -0.25) is 0 Å². The number of aryl methyl sites for hydroxylation is 1. The molecule has 28 heavy (non-hydrogen) atoms. The van der Waals surface area contributed by atoms with Gasteiger partial charge in [-0.25, -0.2) is 9.78 Å². The standard InChI is InChI=1S/C22H27N3O3/c1-4-24(5-2)12-13-25-20-11-8-17(22(26)27)14-19(20)23-21(25)15-28-18-9-6-16(3)7-10-18/h6-11,14H,4-5,12-13,15H2,1-3H3,(H,26,27). The summed E-state index contributed by atoms with van der Waals surface area (Å²) in [7, 11) is 0. The van der Waals surface area contributed by atoms with E-state index in [9.17, 15) is 9.90 Å². The number of carbonyl (C=O) groups is 1. The summed E-state index contributed by atoms with van der Waals surface area (Å²) >= 11 is 0. The molecule has 0 bridgehead atoms. The number of hydrogen-bond acceptors (Lipinski definition) is 4. The number of carboxylic acid groups (broad SMARTS) is 1. The van der Waals surface area contributed by atoms with Crippen LogP contribution in [0.2, 0.25) is 0 Å². The van der Waals surface area contributed by atoms with Gasteiger partial charge in [-0.15, -0.1) is 0 Å². The second-order valence-electron chi connectivity index (χ2n) is 6.82. The molecule has 0 saturated carbocycles. The highest BCUT2D eigenvalue weighted by Crippen LogP contribution is 2.20. The van der Waals surface area contributed by atoms with Crippen molar-refractivity contribution in [3.8, 4) is 5.75 Å². The molecule has 0 spiro atoms. The highest BCUT2D eigenvalue weighted by atomic mass is 16.5. The van der Waals surface area contributed by atoms with E-state index in [1.807, 2.05) is 37.3 Å². The number of benzene rings is 2. The Morgan fingerprint density at radius 1 is 1.14 bits per heavy atom. The molecule has 0 unspecified atom stereocenters. The van der Waals surface area contributed by atoms with Crippen molar-refractivity contribution >= 4 is 17.0 Å². The van der Waals surface area contributed by atoms with Crippen LogP contribution in [0.15, 0.2) is 42.5 Å². The third-order valence-corrected chi connectivity index (χ3v) is 5.00. The lowest BCUT2D eigenvalue weighted by atomic mass is 10.2. The molecule has 0 amide bonds. The van der Waals surface area contributed by atoms with Crippen LogP contribution in [0.1, 0.15) is 35.6 Å². The van der Waals surface area contributed by atoms with Crippen LogP contribution in [0.3, 0.4) is 0 Å². The Labute approximate surface area is 165 Å². The van der Waals surface area contributed by atoms with Crippen LogP contribution in [0.5, 0.6) is 5.75 Å². The van der Waals surface area contributed by atoms with E-state index in [0.717, 1.165) is 43.3 Å². The van der Waals surface area contributed by atoms with Crippen LogP contribution < -0.4 is 4.74 Å². The van der Waals surface area contributed by atoms with Gasteiger partial charge in [0.15, 0.2) is 0 Å². The van der Waals surface area contributed by atoms with E-state index in [0.29, 0.717) is 12.1 Å². The molecule has 2 aromatic carbocycles. The molecule has 6 nitrogen and oxygen atoms in total. The number of aromatic nitrogens is 2. The average Bonchev–Trinajstić information content (AvgIpc) is 3.05. The molecule has 0 aliphatic rings. The van der Waals surface area contributed by atoms with Gasteiger partial charge < -0.3 is 19.3 Å². The lowest BCUT2D eigenvalue weighted by molar-refractivity contribution is 0.0697. The predicted octanol–water partition coefficient (Wildman–Crippen LogP) is 3.96. The zero-order chi connectivity index (χ0) is 20.1. The van der Waals surface area contributed by atoms with Crippen LogP contribution in [0.4, 0.5) is 0 Å². The Hall–Kier alpha value is -2.86. The third-order valence-electron chi connectivity index (χ3n) is 5.00. The van der Waals surface area contributed by atoms with Crippen molar-refractivity contribution in [2.24, 2.45) is 0 Å². The molecule has 3 aromatic rings. The van der Waals surface area contributed by atoms with Crippen molar-refractivity contribution < 1.29 is 14.6 Å². The lowest BCUT2D eigenvalue weighted by Crippen LogP contribution is -2.27. The first-order valence-electron chi connectivity index (χ1n) is 9.66. The van der Waals surface area contributed by atoms with Crippen molar-refractivity contribution in [1.82, 2.24) is 14.5 Å². The first-order valence-corrected chi connectivity index (χ1v) is 9.66. The van der Waals surface area contributed by atoms with E-state index in [1.54, 1.807) is 12.1 Å². The van der Waals surface area contributed by atoms with E-state index >= 15 is 0 Å². The van der Waals surface area contributed by atoms with Crippen molar-refractivity contribution in [2.45, 2.75) is 33.9 Å². The van der Waals surface area contributed by atoms with Gasteiger partial charge in [0.1, 0.15) is 18.2 Å². The van der Waals surface area contributed by atoms with Gasteiger partial charge in [-0.2, -0.15) is 0 Å². The first kappa shape index (κ1) is 19.9. The molecule has 148 valence electrons. The number of carboxylic acids is 1. The summed E-state index contributed by atoms with van der Waals surface area (Å²) in [4.78, 5) is 18.3. The van der Waals surface area contributed by atoms with Gasteiger partial charge in [0.2, 0.25) is 0 Å². The molecule has 1 N–H and O–H groups in total. The quantitative estimate of drug-likeness (QED) is 0.608. The van der Waals surface area contributed by atoms with Crippen molar-refractivity contribution in [1.29, 1.82) is 0 Å². The van der Waals surface area contributed by atoms with E-state index in [-0.39, 0.29) is 5.56 Å². The smallest absolute Gasteiger partial charge is 0.335 e. The topological polar surface area (TPSA) is 67.6 Å². The number of rotatable bonds is 9. The molecule has 0 fully saturated rings. The zero-order valence-corrected chi connectivity index (χ0v) is 16.7. The predicted molar refractivity (Wildman–Crippen MR) is 110 cm³/mol. The van der Waals surface area contributed by atoms with E-state index < -0.39 is 5.97 Å². The lowest BCUT2D eigenvalue weighted by Gasteiger charge is -2.19. The summed E-state index contributed by atoms with van der Waals surface area (Å²) in [6.45, 7) is 10.3. The Morgan fingerprint density at radius 2 is 1.86 bits per heavy atom. The van der Waals surface area contributed by atoms with Crippen molar-refractivity contribution in [3.63, 3.8) is 0 Å². The molecule has 6 heteroatoms. The molecule has 0 aliphatic carbocycles. The summed E-state index contributed by atoms with van der Waals surface area (Å²) in [6, 6.07) is 13.0. The maximum Gasteiger partial charge on any atom is 0.335 e. The summed E-state index contributed by atoms with van der Waals surface area (Å²) in [5.41, 5.74) is 3.04. The largest absolute Gasteiger partial charge is 0.486 e. The van der Waals surface area contributed by atoms with Crippen molar-refractivity contribution in [2.75, 3.05) is 19.6 Å². The van der Waals surface area contributed by atoms with Gasteiger partial charge in [-0.1, -0.05) is 31.5 Å². The minimum Gasteiger partial charge on any atom is -0.486 e. The van der Waals surface area contributed by atoms with Crippen molar-refractivity contribution in [3.05, 3.63) is 59.4 Å². The minimum absolute atomic E-state index is 0.242. The molecule has 1 aromatic heterocycles. The highest BCUT2D eigenvalue weighted by molar-refractivity contribution is 5.92. The van der Waals surface area contributed by atoms with Gasteiger partial charge in [0, 0.05) is 13.1 Å². The summed E-state index contributed by atoms with van der Waals surface area (Å²) in [5.74, 6) is 0.640. The number of ether oxygens (including phenoxy) is 1. The van der Waals surface area contributed by atoms with E-state index in [2.05, 4.69) is 28.3 Å². The minimum atomic E-state index is -0.947. The molecular formula is C22H27N3O3. The number of aromatic carboxylic acids is 1. The second-order valence-corrected chi connectivity index (χ2v) is 6.82. The Kier molecular flexibility index (Phi) is 6.31. The fourth-order valence-corrected chi connectivity index (χ4v) is 3.24. The van der Waals surface area contributed by atoms with Gasteiger partial charge in [0.05, 0.1) is 16.6 Å². The maximum atomic E-state index is 11.3. The number of fused-ring (bicyclic) bond motifs is 1. The molecule has 3 rings (SSSR count). The Morgan fingerprint density at radius 3 is 2.50 bits per heavy atom. The molecule has 0 radical (unpaired) electrons. The summed E-state index contributed by atoms with van der Waals surface area (Å²) in [6.07, 6.45) is 0. The molecule has 1 heterocycles. The summed E-state index contributed by atoms with van der Waals surface area (Å²) < 4.78 is 8.07. The maximum absolute atomic E-state index is 11.3. The SMILES string of the molecule is CCN(CC)CCn1c(COc2ccc(C)cc2)nc2cc(C(=O)O)ccc21. The monoisotopic (exact) mass is 381 g/mol. The van der Waals surface area contributed by atoms with E-state index in [4.69, 9.17) is 4.74 Å². The normalized spacial score (nSPS) is 11.3. The Balaban J connectivity index is 1.89. The number of imidazole rings is 1. The van der Waals surface area contributed by atoms with Crippen LogP contribution in [-0.2, 0) is 13.2 Å². The number of hydrogen-bond donors (Lipinski definition) is 1. The van der Waals surface area contributed by atoms with Crippen LogP contribution in [-0.4, -0.2) is 45.2 Å². The molecular weight excluding hydrogens is 354 g/mol. The first-order chi connectivity index (χ1) is 13.5. The number of likely N-dealkylation sites (N-methyl/N-ethyl adjacent to an activating group) is 1. The van der Waals surface area contributed by atoms with E-state index in [1.165, 1.54) is 5.56 Å². The second kappa shape index (κ2) is 8.89. The third kappa shape index (κ3) is 4.51. The Bertz CT molecular complexity index is 944. The van der Waals surface area contributed by atoms with Crippen LogP contribution in [0.25, 0.3) is 11.0 Å². The van der Waals surface area contributed by atoms with Crippen LogP contribution >= 0.6 is 0 Å². The van der Waals surface area contributed by atoms with Crippen LogP contribution in [0, 0.1) is 6.92 Å². The van der Waals surface area contributed by atoms with Gasteiger partial charge >= 0.3 is 5.97 Å². The molecule has 0 saturated heterocycles. The molecule has 0 atom stereocenters. The van der Waals surface area contributed by atoms with Gasteiger partial charge in [0.25, 0.3) is 0 Å².